The second-order valence-corrected chi connectivity index (χ2v) is 4.26. The fourth-order valence-electron chi connectivity index (χ4n) is 1.51. The van der Waals surface area contributed by atoms with Crippen molar-refractivity contribution in [3.8, 4) is 11.5 Å². The first kappa shape index (κ1) is 12.9. The molecule has 1 N–H and O–H groups in total. The van der Waals surface area contributed by atoms with Crippen LogP contribution in [0.2, 0.25) is 5.02 Å². The van der Waals surface area contributed by atoms with Crippen LogP contribution in [0.3, 0.4) is 0 Å². The third-order valence-electron chi connectivity index (χ3n) is 2.39. The molecule has 1 heterocycles. The van der Waals surface area contributed by atoms with Crippen LogP contribution >= 0.6 is 11.6 Å². The van der Waals surface area contributed by atoms with Crippen molar-refractivity contribution < 1.29 is 4.74 Å². The summed E-state index contributed by atoms with van der Waals surface area (Å²) in [4.78, 5) is 4.27. The monoisotopic (exact) mass is 262 g/mol. The lowest BCUT2D eigenvalue weighted by Gasteiger charge is -2.07. The summed E-state index contributed by atoms with van der Waals surface area (Å²) in [5.41, 5.74) is 0.961. The molecule has 0 saturated carbocycles. The molecular formula is C14H15ClN2O. The zero-order valence-corrected chi connectivity index (χ0v) is 10.9. The minimum absolute atomic E-state index is 0.699. The quantitative estimate of drug-likeness (QED) is 0.893. The lowest BCUT2D eigenvalue weighted by Crippen LogP contribution is -2.12. The van der Waals surface area contributed by atoms with Gasteiger partial charge >= 0.3 is 0 Å². The summed E-state index contributed by atoms with van der Waals surface area (Å²) in [6.07, 6.45) is 1.75. The molecule has 0 radical (unpaired) electrons. The highest BCUT2D eigenvalue weighted by Gasteiger charge is 2.00. The topological polar surface area (TPSA) is 34.1 Å². The van der Waals surface area contributed by atoms with Gasteiger partial charge in [-0.15, -0.1) is 0 Å². The maximum absolute atomic E-state index is 5.82. The Morgan fingerprint density at radius 2 is 1.94 bits per heavy atom. The van der Waals surface area contributed by atoms with Gasteiger partial charge in [0.15, 0.2) is 0 Å². The Bertz CT molecular complexity index is 499. The van der Waals surface area contributed by atoms with Crippen molar-refractivity contribution in [3.05, 3.63) is 53.3 Å². The van der Waals surface area contributed by atoms with Gasteiger partial charge in [0.25, 0.3) is 0 Å². The van der Waals surface area contributed by atoms with Gasteiger partial charge in [0.05, 0.1) is 5.69 Å². The van der Waals surface area contributed by atoms with Gasteiger partial charge in [-0.25, -0.2) is 0 Å². The SMILES string of the molecule is CCNCc1cc(Oc2ccc(Cl)cc2)ccn1. The maximum atomic E-state index is 5.82. The summed E-state index contributed by atoms with van der Waals surface area (Å²) in [5, 5.41) is 3.93. The van der Waals surface area contributed by atoms with Crippen LogP contribution in [0.25, 0.3) is 0 Å². The maximum Gasteiger partial charge on any atom is 0.130 e. The molecule has 0 aliphatic heterocycles. The molecule has 1 aromatic heterocycles. The van der Waals surface area contributed by atoms with Crippen molar-refractivity contribution in [1.82, 2.24) is 10.3 Å². The van der Waals surface area contributed by atoms with Crippen molar-refractivity contribution in [2.45, 2.75) is 13.5 Å². The number of aromatic nitrogens is 1. The van der Waals surface area contributed by atoms with Crippen LogP contribution in [0.4, 0.5) is 0 Å². The molecule has 0 fully saturated rings. The molecule has 0 unspecified atom stereocenters. The molecule has 0 atom stereocenters. The molecule has 18 heavy (non-hydrogen) atoms. The van der Waals surface area contributed by atoms with Gasteiger partial charge in [-0.3, -0.25) is 4.98 Å². The Kier molecular flexibility index (Phi) is 4.56. The average molecular weight is 263 g/mol. The molecule has 94 valence electrons. The molecule has 0 aliphatic carbocycles. The van der Waals surface area contributed by atoms with E-state index in [1.165, 1.54) is 0 Å². The number of hydrogen-bond donors (Lipinski definition) is 1. The third kappa shape index (κ3) is 3.72. The lowest BCUT2D eigenvalue weighted by atomic mass is 10.3. The van der Waals surface area contributed by atoms with Crippen LogP contribution in [-0.4, -0.2) is 11.5 Å². The highest BCUT2D eigenvalue weighted by atomic mass is 35.5. The van der Waals surface area contributed by atoms with E-state index >= 15 is 0 Å². The van der Waals surface area contributed by atoms with Gasteiger partial charge in [0.2, 0.25) is 0 Å². The molecule has 1 aromatic carbocycles. The zero-order chi connectivity index (χ0) is 12.8. The summed E-state index contributed by atoms with van der Waals surface area (Å²) >= 11 is 5.82. The van der Waals surface area contributed by atoms with Crippen LogP contribution in [0, 0.1) is 0 Å². The number of nitrogens with zero attached hydrogens (tertiary/aromatic N) is 1. The molecule has 2 aromatic rings. The van der Waals surface area contributed by atoms with Crippen LogP contribution in [0.1, 0.15) is 12.6 Å². The predicted molar refractivity (Wildman–Crippen MR) is 73.1 cm³/mol. The van der Waals surface area contributed by atoms with Crippen molar-refractivity contribution >= 4 is 11.6 Å². The number of halogens is 1. The van der Waals surface area contributed by atoms with E-state index in [0.717, 1.165) is 30.3 Å². The lowest BCUT2D eigenvalue weighted by molar-refractivity contribution is 0.480. The minimum Gasteiger partial charge on any atom is -0.457 e. The highest BCUT2D eigenvalue weighted by Crippen LogP contribution is 2.22. The van der Waals surface area contributed by atoms with E-state index in [2.05, 4.69) is 17.2 Å². The van der Waals surface area contributed by atoms with Gasteiger partial charge in [-0.1, -0.05) is 18.5 Å². The number of benzene rings is 1. The average Bonchev–Trinajstić information content (AvgIpc) is 2.40. The van der Waals surface area contributed by atoms with E-state index in [4.69, 9.17) is 16.3 Å². The molecular weight excluding hydrogens is 248 g/mol. The number of hydrogen-bond acceptors (Lipinski definition) is 3. The van der Waals surface area contributed by atoms with Crippen molar-refractivity contribution in [2.24, 2.45) is 0 Å². The zero-order valence-electron chi connectivity index (χ0n) is 10.2. The van der Waals surface area contributed by atoms with Crippen molar-refractivity contribution in [1.29, 1.82) is 0 Å². The summed E-state index contributed by atoms with van der Waals surface area (Å²) < 4.78 is 5.73. The van der Waals surface area contributed by atoms with Crippen LogP contribution < -0.4 is 10.1 Å². The van der Waals surface area contributed by atoms with E-state index in [-0.39, 0.29) is 0 Å². The van der Waals surface area contributed by atoms with Gasteiger partial charge < -0.3 is 10.1 Å². The van der Waals surface area contributed by atoms with E-state index in [1.54, 1.807) is 18.3 Å². The Hall–Kier alpha value is -1.58. The minimum atomic E-state index is 0.699. The normalized spacial score (nSPS) is 10.3. The van der Waals surface area contributed by atoms with Gasteiger partial charge in [-0.05, 0) is 36.9 Å². The summed E-state index contributed by atoms with van der Waals surface area (Å²) in [6.45, 7) is 3.73. The largest absolute Gasteiger partial charge is 0.457 e. The standard InChI is InChI=1S/C14H15ClN2O/c1-2-16-10-12-9-14(7-8-17-12)18-13-5-3-11(15)4-6-13/h3-9,16H,2,10H2,1H3. The Morgan fingerprint density at radius 1 is 1.17 bits per heavy atom. The molecule has 0 spiro atoms. The summed E-state index contributed by atoms with van der Waals surface area (Å²) in [5.74, 6) is 1.54. The van der Waals surface area contributed by atoms with Crippen LogP contribution in [0.15, 0.2) is 42.6 Å². The number of pyridine rings is 1. The van der Waals surface area contributed by atoms with E-state index < -0.39 is 0 Å². The second-order valence-electron chi connectivity index (χ2n) is 3.82. The number of ether oxygens (including phenoxy) is 1. The van der Waals surface area contributed by atoms with Gasteiger partial charge in [0, 0.05) is 23.8 Å². The number of nitrogens with one attached hydrogen (secondary N) is 1. The van der Waals surface area contributed by atoms with Crippen molar-refractivity contribution in [2.75, 3.05) is 6.54 Å². The smallest absolute Gasteiger partial charge is 0.130 e. The molecule has 0 saturated heterocycles. The Morgan fingerprint density at radius 3 is 2.67 bits per heavy atom. The fourth-order valence-corrected chi connectivity index (χ4v) is 1.63. The summed E-state index contributed by atoms with van der Waals surface area (Å²) in [7, 11) is 0. The first-order valence-electron chi connectivity index (χ1n) is 5.87. The van der Waals surface area contributed by atoms with Crippen LogP contribution in [-0.2, 0) is 6.54 Å². The highest BCUT2D eigenvalue weighted by molar-refractivity contribution is 6.30. The molecule has 0 amide bonds. The molecule has 0 aliphatic rings. The van der Waals surface area contributed by atoms with Crippen molar-refractivity contribution in [3.63, 3.8) is 0 Å². The van der Waals surface area contributed by atoms with Gasteiger partial charge in [0.1, 0.15) is 11.5 Å². The predicted octanol–water partition coefficient (Wildman–Crippen LogP) is 3.64. The first-order valence-corrected chi connectivity index (χ1v) is 6.25. The fraction of sp³-hybridized carbons (Fsp3) is 0.214. The molecule has 2 rings (SSSR count). The molecule has 3 nitrogen and oxygen atoms in total. The van der Waals surface area contributed by atoms with Gasteiger partial charge in [-0.2, -0.15) is 0 Å². The third-order valence-corrected chi connectivity index (χ3v) is 2.65. The first-order chi connectivity index (χ1) is 8.78. The Balaban J connectivity index is 2.06. The summed E-state index contributed by atoms with van der Waals surface area (Å²) in [6, 6.07) is 11.1. The molecule has 4 heteroatoms. The van der Waals surface area contributed by atoms with E-state index in [9.17, 15) is 0 Å². The number of rotatable bonds is 5. The second kappa shape index (κ2) is 6.38. The molecule has 0 bridgehead atoms. The van der Waals surface area contributed by atoms with Crippen LogP contribution in [0.5, 0.6) is 11.5 Å². The van der Waals surface area contributed by atoms with E-state index in [1.807, 2.05) is 24.3 Å². The Labute approximate surface area is 112 Å². The van der Waals surface area contributed by atoms with E-state index in [0.29, 0.717) is 5.02 Å².